The number of aromatic carboxylic acids is 1. The van der Waals surface area contributed by atoms with Gasteiger partial charge in [0.1, 0.15) is 12.4 Å². The standard InChI is InChI=1S/C21H27N3O3/c1-14(2)12-24-18-8-7-16(11-17(18)20(22-24)21(25)26)23-9-10-27-19-6-4-3-5-15(19)13-23/h3-6,14,16H,7-13H2,1-2H3,(H,25,26)/t16-/m1/s1. The molecular formula is C21H27N3O3. The Kier molecular flexibility index (Phi) is 4.91. The monoisotopic (exact) mass is 369 g/mol. The second kappa shape index (κ2) is 7.35. The van der Waals surface area contributed by atoms with Crippen LogP contribution in [0.2, 0.25) is 0 Å². The van der Waals surface area contributed by atoms with Crippen LogP contribution in [-0.4, -0.2) is 44.9 Å². The zero-order chi connectivity index (χ0) is 19.0. The Hall–Kier alpha value is -2.34. The number of ether oxygens (including phenoxy) is 1. The highest BCUT2D eigenvalue weighted by Crippen LogP contribution is 2.31. The molecule has 0 saturated heterocycles. The van der Waals surface area contributed by atoms with Crippen molar-refractivity contribution in [2.45, 2.75) is 52.2 Å². The van der Waals surface area contributed by atoms with Gasteiger partial charge in [-0.25, -0.2) is 4.79 Å². The van der Waals surface area contributed by atoms with Crippen molar-refractivity contribution >= 4 is 5.97 Å². The summed E-state index contributed by atoms with van der Waals surface area (Å²) >= 11 is 0. The fourth-order valence-corrected chi connectivity index (χ4v) is 4.31. The lowest BCUT2D eigenvalue weighted by Gasteiger charge is -2.33. The van der Waals surface area contributed by atoms with Crippen LogP contribution in [0.25, 0.3) is 0 Å². The molecule has 1 aliphatic heterocycles. The van der Waals surface area contributed by atoms with Crippen LogP contribution >= 0.6 is 0 Å². The van der Waals surface area contributed by atoms with E-state index in [1.54, 1.807) is 0 Å². The Morgan fingerprint density at radius 3 is 2.96 bits per heavy atom. The van der Waals surface area contributed by atoms with Gasteiger partial charge in [-0.2, -0.15) is 5.10 Å². The molecule has 0 bridgehead atoms. The summed E-state index contributed by atoms with van der Waals surface area (Å²) in [5.41, 5.74) is 3.48. The average Bonchev–Trinajstić information content (AvgIpc) is 2.85. The van der Waals surface area contributed by atoms with Crippen LogP contribution in [0.1, 0.15) is 47.6 Å². The van der Waals surface area contributed by atoms with Crippen LogP contribution in [0.4, 0.5) is 0 Å². The number of hydrogen-bond acceptors (Lipinski definition) is 4. The Balaban J connectivity index is 1.59. The molecule has 2 heterocycles. The molecule has 1 aromatic carbocycles. The lowest BCUT2D eigenvalue weighted by molar-refractivity contribution is 0.0687. The van der Waals surface area contributed by atoms with E-state index >= 15 is 0 Å². The molecule has 6 heteroatoms. The van der Waals surface area contributed by atoms with Crippen molar-refractivity contribution in [1.29, 1.82) is 0 Å². The SMILES string of the molecule is CC(C)Cn1nc(C(=O)O)c2c1CC[C@@H](N1CCOc3ccccc3C1)C2. The summed E-state index contributed by atoms with van der Waals surface area (Å²) in [6, 6.07) is 8.51. The van der Waals surface area contributed by atoms with E-state index in [2.05, 4.69) is 29.9 Å². The lowest BCUT2D eigenvalue weighted by atomic mass is 9.90. The molecule has 6 nitrogen and oxygen atoms in total. The maximum absolute atomic E-state index is 11.8. The van der Waals surface area contributed by atoms with Crippen molar-refractivity contribution in [2.75, 3.05) is 13.2 Å². The molecule has 1 aliphatic carbocycles. The molecule has 2 aliphatic rings. The van der Waals surface area contributed by atoms with Crippen LogP contribution in [0, 0.1) is 5.92 Å². The molecule has 0 spiro atoms. The number of fused-ring (bicyclic) bond motifs is 2. The van der Waals surface area contributed by atoms with Gasteiger partial charge in [-0.1, -0.05) is 32.0 Å². The number of hydrogen-bond donors (Lipinski definition) is 1. The third-order valence-corrected chi connectivity index (χ3v) is 5.56. The molecule has 1 atom stereocenters. The van der Waals surface area contributed by atoms with Gasteiger partial charge in [-0.05, 0) is 31.2 Å². The number of benzene rings is 1. The Labute approximate surface area is 159 Å². The van der Waals surface area contributed by atoms with E-state index in [0.29, 0.717) is 18.6 Å². The third kappa shape index (κ3) is 3.58. The Bertz CT molecular complexity index is 843. The van der Waals surface area contributed by atoms with Crippen molar-refractivity contribution in [2.24, 2.45) is 5.92 Å². The summed E-state index contributed by atoms with van der Waals surface area (Å²) in [4.78, 5) is 14.2. The summed E-state index contributed by atoms with van der Waals surface area (Å²) in [6.07, 6.45) is 2.65. The maximum atomic E-state index is 11.8. The largest absolute Gasteiger partial charge is 0.492 e. The molecule has 0 saturated carbocycles. The number of carboxylic acid groups (broad SMARTS) is 1. The van der Waals surface area contributed by atoms with Crippen LogP contribution in [0.5, 0.6) is 5.75 Å². The minimum absolute atomic E-state index is 0.238. The number of para-hydroxylation sites is 1. The summed E-state index contributed by atoms with van der Waals surface area (Å²) in [6.45, 7) is 7.41. The van der Waals surface area contributed by atoms with E-state index in [1.165, 1.54) is 5.56 Å². The molecule has 2 aromatic rings. The quantitative estimate of drug-likeness (QED) is 0.897. The van der Waals surface area contributed by atoms with Gasteiger partial charge in [0, 0.05) is 42.5 Å². The normalized spacial score (nSPS) is 19.9. The third-order valence-electron chi connectivity index (χ3n) is 5.56. The zero-order valence-electron chi connectivity index (χ0n) is 16.0. The molecule has 4 rings (SSSR count). The summed E-state index contributed by atoms with van der Waals surface area (Å²) in [5.74, 6) is 0.485. The van der Waals surface area contributed by atoms with Gasteiger partial charge in [0.2, 0.25) is 0 Å². The molecule has 1 aromatic heterocycles. The fraction of sp³-hybridized carbons (Fsp3) is 0.524. The second-order valence-corrected chi connectivity index (χ2v) is 7.98. The topological polar surface area (TPSA) is 67.6 Å². The van der Waals surface area contributed by atoms with E-state index in [-0.39, 0.29) is 5.69 Å². The number of carboxylic acids is 1. The van der Waals surface area contributed by atoms with Crippen LogP contribution in [0.15, 0.2) is 24.3 Å². The first-order chi connectivity index (χ1) is 13.0. The number of carbonyl (C=O) groups is 1. The Morgan fingerprint density at radius 2 is 2.19 bits per heavy atom. The maximum Gasteiger partial charge on any atom is 0.356 e. The molecule has 0 amide bonds. The van der Waals surface area contributed by atoms with Crippen molar-refractivity contribution in [1.82, 2.24) is 14.7 Å². The van der Waals surface area contributed by atoms with Gasteiger partial charge in [0.05, 0.1) is 0 Å². The van der Waals surface area contributed by atoms with Crippen LogP contribution < -0.4 is 4.74 Å². The van der Waals surface area contributed by atoms with E-state index < -0.39 is 5.97 Å². The van der Waals surface area contributed by atoms with Gasteiger partial charge < -0.3 is 9.84 Å². The van der Waals surface area contributed by atoms with Gasteiger partial charge in [0.25, 0.3) is 0 Å². The van der Waals surface area contributed by atoms with E-state index in [1.807, 2.05) is 22.9 Å². The van der Waals surface area contributed by atoms with E-state index in [0.717, 1.165) is 55.9 Å². The fourth-order valence-electron chi connectivity index (χ4n) is 4.31. The number of rotatable bonds is 4. The molecule has 0 fully saturated rings. The highest BCUT2D eigenvalue weighted by Gasteiger charge is 2.32. The van der Waals surface area contributed by atoms with Crippen molar-refractivity contribution in [3.63, 3.8) is 0 Å². The van der Waals surface area contributed by atoms with Gasteiger partial charge in [-0.3, -0.25) is 9.58 Å². The summed E-state index contributed by atoms with van der Waals surface area (Å²) < 4.78 is 7.83. The minimum atomic E-state index is -0.918. The highest BCUT2D eigenvalue weighted by atomic mass is 16.5. The first kappa shape index (κ1) is 18.0. The predicted octanol–water partition coefficient (Wildman–Crippen LogP) is 2.99. The number of aromatic nitrogens is 2. The van der Waals surface area contributed by atoms with Crippen molar-refractivity contribution in [3.05, 3.63) is 46.8 Å². The molecule has 1 N–H and O–H groups in total. The number of nitrogens with zero attached hydrogens (tertiary/aromatic N) is 3. The lowest BCUT2D eigenvalue weighted by Crippen LogP contribution is -2.40. The van der Waals surface area contributed by atoms with Crippen molar-refractivity contribution in [3.8, 4) is 5.75 Å². The highest BCUT2D eigenvalue weighted by molar-refractivity contribution is 5.87. The molecule has 144 valence electrons. The molecule has 27 heavy (non-hydrogen) atoms. The predicted molar refractivity (Wildman–Crippen MR) is 102 cm³/mol. The zero-order valence-corrected chi connectivity index (χ0v) is 16.0. The Morgan fingerprint density at radius 1 is 1.37 bits per heavy atom. The first-order valence-electron chi connectivity index (χ1n) is 9.79. The average molecular weight is 369 g/mol. The first-order valence-corrected chi connectivity index (χ1v) is 9.79. The van der Waals surface area contributed by atoms with E-state index in [9.17, 15) is 9.90 Å². The van der Waals surface area contributed by atoms with E-state index in [4.69, 9.17) is 4.74 Å². The minimum Gasteiger partial charge on any atom is -0.492 e. The second-order valence-electron chi connectivity index (χ2n) is 7.98. The molecule has 0 radical (unpaired) electrons. The van der Waals surface area contributed by atoms with Gasteiger partial charge in [-0.15, -0.1) is 0 Å². The van der Waals surface area contributed by atoms with Crippen molar-refractivity contribution < 1.29 is 14.6 Å². The summed E-state index contributed by atoms with van der Waals surface area (Å²) in [7, 11) is 0. The smallest absolute Gasteiger partial charge is 0.356 e. The van der Waals surface area contributed by atoms with Gasteiger partial charge in [0.15, 0.2) is 5.69 Å². The molecular weight excluding hydrogens is 342 g/mol. The van der Waals surface area contributed by atoms with Crippen LogP contribution in [-0.2, 0) is 25.9 Å². The molecule has 0 unspecified atom stereocenters. The summed E-state index contributed by atoms with van der Waals surface area (Å²) in [5, 5.41) is 14.1. The van der Waals surface area contributed by atoms with Gasteiger partial charge >= 0.3 is 5.97 Å². The van der Waals surface area contributed by atoms with Crippen LogP contribution in [0.3, 0.4) is 0 Å².